The van der Waals surface area contributed by atoms with E-state index in [4.69, 9.17) is 15.5 Å². The van der Waals surface area contributed by atoms with Gasteiger partial charge < -0.3 is 20.4 Å². The lowest BCUT2D eigenvalue weighted by Gasteiger charge is -2.15. The minimum atomic E-state index is -4.65. The number of aliphatic imine (C=N–C) groups is 1. The van der Waals surface area contributed by atoms with Crippen LogP contribution in [0.3, 0.4) is 0 Å². The minimum Gasteiger partial charge on any atom is -0.323 e. The molecule has 9 nitrogen and oxygen atoms in total. The van der Waals surface area contributed by atoms with Gasteiger partial charge in [0.1, 0.15) is 0 Å². The van der Waals surface area contributed by atoms with Crippen LogP contribution in [-0.4, -0.2) is 49.3 Å². The molecule has 0 fully saturated rings. The lowest BCUT2D eigenvalue weighted by Crippen LogP contribution is -2.33. The van der Waals surface area contributed by atoms with E-state index in [2.05, 4.69) is 25.9 Å². The topological polar surface area (TPSA) is 145 Å². The number of hydrogen-bond donors (Lipinski definition) is 5. The molecule has 0 aliphatic carbocycles. The number of benzene rings is 1. The molecule has 0 aromatic heterocycles. The molecule has 0 amide bonds. The van der Waals surface area contributed by atoms with Crippen molar-refractivity contribution in [2.24, 2.45) is 21.0 Å². The molecule has 124 valence electrons. The number of nitrogens with zero attached hydrogens (tertiary/aromatic N) is 3. The van der Waals surface area contributed by atoms with Gasteiger partial charge in [-0.25, -0.2) is 4.99 Å². The fraction of sp³-hybridized carbons (Fsp3) is 0.417. The Morgan fingerprint density at radius 2 is 1.55 bits per heavy atom. The summed E-state index contributed by atoms with van der Waals surface area (Å²) in [6.45, 7) is 0. The molecule has 1 aliphatic rings. The Labute approximate surface area is 129 Å². The molecule has 1 atom stereocenters. The van der Waals surface area contributed by atoms with E-state index in [1.165, 1.54) is 0 Å². The molecule has 1 heterocycles. The van der Waals surface area contributed by atoms with Crippen molar-refractivity contribution < 1.29 is 14.4 Å². The van der Waals surface area contributed by atoms with Gasteiger partial charge in [-0.1, -0.05) is 30.3 Å². The highest BCUT2D eigenvalue weighted by Gasteiger charge is 2.47. The predicted molar refractivity (Wildman–Crippen MR) is 86.8 cm³/mol. The van der Waals surface area contributed by atoms with Crippen LogP contribution in [-0.2, 0) is 4.57 Å². The first-order chi connectivity index (χ1) is 10.3. The van der Waals surface area contributed by atoms with E-state index in [0.29, 0.717) is 5.56 Å². The van der Waals surface area contributed by atoms with Gasteiger partial charge in [-0.05, 0) is 28.2 Å². The standard InChI is InChI=1S/C8H9N4O3P.2C2H7N/c9-8(16(13,14)15)10-7(11-12-8)6-4-2-1-3-5-6;2*1-3-2/h1-5H,9H2,(H2,13,14,15);2*3H,1-2H3. The number of nitrogens with one attached hydrogen (secondary N) is 2. The third-order valence-corrected chi connectivity index (χ3v) is 3.07. The zero-order valence-corrected chi connectivity index (χ0v) is 14.0. The Kier molecular flexibility index (Phi) is 8.88. The van der Waals surface area contributed by atoms with Gasteiger partial charge in [0, 0.05) is 5.56 Å². The second-order valence-electron chi connectivity index (χ2n) is 4.23. The van der Waals surface area contributed by atoms with Gasteiger partial charge in [0.2, 0.25) is 0 Å². The van der Waals surface area contributed by atoms with E-state index in [0.717, 1.165) is 0 Å². The Morgan fingerprint density at radius 1 is 1.09 bits per heavy atom. The predicted octanol–water partition coefficient (Wildman–Crippen LogP) is 0.318. The molecule has 10 heteroatoms. The van der Waals surface area contributed by atoms with Crippen molar-refractivity contribution >= 4 is 13.4 Å². The van der Waals surface area contributed by atoms with Crippen LogP contribution in [0.5, 0.6) is 0 Å². The first kappa shape index (κ1) is 20.5. The van der Waals surface area contributed by atoms with E-state index >= 15 is 0 Å². The lowest BCUT2D eigenvalue weighted by atomic mass is 10.2. The zero-order valence-electron chi connectivity index (χ0n) is 13.1. The molecule has 6 N–H and O–H groups in total. The van der Waals surface area contributed by atoms with Crippen molar-refractivity contribution in [2.75, 3.05) is 28.2 Å². The quantitative estimate of drug-likeness (QED) is 0.494. The molecule has 1 unspecified atom stereocenters. The van der Waals surface area contributed by atoms with Crippen molar-refractivity contribution in [2.45, 2.75) is 5.53 Å². The van der Waals surface area contributed by atoms with Gasteiger partial charge in [0.15, 0.2) is 5.84 Å². The summed E-state index contributed by atoms with van der Waals surface area (Å²) in [6.07, 6.45) is 0. The number of rotatable bonds is 2. The first-order valence-corrected chi connectivity index (χ1v) is 7.96. The maximum atomic E-state index is 11.0. The fourth-order valence-corrected chi connectivity index (χ4v) is 1.54. The van der Waals surface area contributed by atoms with Gasteiger partial charge in [0.05, 0.1) is 0 Å². The molecule has 0 spiro atoms. The minimum absolute atomic E-state index is 0.117. The number of amidine groups is 1. The van der Waals surface area contributed by atoms with E-state index in [-0.39, 0.29) is 5.84 Å². The Morgan fingerprint density at radius 3 is 1.91 bits per heavy atom. The largest absolute Gasteiger partial charge is 0.392 e. The van der Waals surface area contributed by atoms with Gasteiger partial charge in [-0.3, -0.25) is 10.3 Å². The number of nitrogens with two attached hydrogens (primary N) is 1. The summed E-state index contributed by atoms with van der Waals surface area (Å²) in [4.78, 5) is 21.6. The zero-order chi connectivity index (χ0) is 17.2. The molecule has 22 heavy (non-hydrogen) atoms. The van der Waals surface area contributed by atoms with Crippen molar-refractivity contribution in [3.63, 3.8) is 0 Å². The summed E-state index contributed by atoms with van der Waals surface area (Å²) in [5, 5.41) is 12.4. The third-order valence-electron chi connectivity index (χ3n) is 2.02. The van der Waals surface area contributed by atoms with Crippen molar-refractivity contribution in [1.29, 1.82) is 0 Å². The van der Waals surface area contributed by atoms with Crippen molar-refractivity contribution in [3.8, 4) is 0 Å². The molecule has 0 saturated heterocycles. The van der Waals surface area contributed by atoms with Crippen LogP contribution < -0.4 is 16.4 Å². The lowest BCUT2D eigenvalue weighted by molar-refractivity contribution is 0.330. The smallest absolute Gasteiger partial charge is 0.323 e. The molecule has 1 aliphatic heterocycles. The van der Waals surface area contributed by atoms with Crippen LogP contribution in [0.15, 0.2) is 45.6 Å². The molecule has 0 bridgehead atoms. The van der Waals surface area contributed by atoms with E-state index in [1.807, 2.05) is 28.2 Å². The third kappa shape index (κ3) is 6.10. The Hall–Kier alpha value is -1.48. The SMILES string of the molecule is CNC.CNC.NC1(P(=O)(O)O)N=NC(c2ccccc2)=N1. The van der Waals surface area contributed by atoms with Crippen LogP contribution in [0.25, 0.3) is 0 Å². The highest BCUT2D eigenvalue weighted by molar-refractivity contribution is 7.53. The maximum absolute atomic E-state index is 11.0. The van der Waals surface area contributed by atoms with Gasteiger partial charge in [0.25, 0.3) is 0 Å². The summed E-state index contributed by atoms with van der Waals surface area (Å²) in [5.41, 5.74) is 3.68. The molecule has 1 aromatic rings. The van der Waals surface area contributed by atoms with E-state index in [9.17, 15) is 4.57 Å². The summed E-state index contributed by atoms with van der Waals surface area (Å²) >= 11 is 0. The second kappa shape index (κ2) is 9.52. The highest BCUT2D eigenvalue weighted by atomic mass is 31.2. The van der Waals surface area contributed by atoms with Crippen LogP contribution >= 0.6 is 7.60 Å². The van der Waals surface area contributed by atoms with Crippen molar-refractivity contribution in [3.05, 3.63) is 35.9 Å². The van der Waals surface area contributed by atoms with Crippen LogP contribution in [0.1, 0.15) is 5.56 Å². The second-order valence-corrected chi connectivity index (χ2v) is 5.98. The van der Waals surface area contributed by atoms with Gasteiger partial charge in [-0.2, -0.15) is 0 Å². The molecular formula is C12H23N6O3P. The van der Waals surface area contributed by atoms with Crippen LogP contribution in [0.4, 0.5) is 0 Å². The molecular weight excluding hydrogens is 307 g/mol. The van der Waals surface area contributed by atoms with Gasteiger partial charge >= 0.3 is 13.1 Å². The summed E-state index contributed by atoms with van der Waals surface area (Å²) in [5.74, 6) is 0.117. The van der Waals surface area contributed by atoms with Gasteiger partial charge in [-0.15, -0.1) is 10.2 Å². The Bertz CT molecular complexity index is 543. The molecule has 2 rings (SSSR count). The van der Waals surface area contributed by atoms with Crippen LogP contribution in [0, 0.1) is 0 Å². The summed E-state index contributed by atoms with van der Waals surface area (Å²) < 4.78 is 11.0. The van der Waals surface area contributed by atoms with Crippen molar-refractivity contribution in [1.82, 2.24) is 10.6 Å². The molecule has 0 radical (unpaired) electrons. The average Bonchev–Trinajstić information content (AvgIpc) is 2.85. The number of azo groups is 1. The molecule has 0 saturated carbocycles. The molecule has 1 aromatic carbocycles. The normalized spacial score (nSPS) is 19.5. The van der Waals surface area contributed by atoms with E-state index < -0.39 is 13.1 Å². The first-order valence-electron chi connectivity index (χ1n) is 6.35. The van der Waals surface area contributed by atoms with Crippen LogP contribution in [0.2, 0.25) is 0 Å². The fourth-order valence-electron chi connectivity index (χ4n) is 1.15. The summed E-state index contributed by atoms with van der Waals surface area (Å²) in [6, 6.07) is 8.70. The highest BCUT2D eigenvalue weighted by Crippen LogP contribution is 2.50. The Balaban J connectivity index is 0.000000639. The monoisotopic (exact) mass is 330 g/mol. The summed E-state index contributed by atoms with van der Waals surface area (Å²) in [7, 11) is 2.85. The maximum Gasteiger partial charge on any atom is 0.392 e. The average molecular weight is 330 g/mol. The number of hydrogen-bond acceptors (Lipinski definition) is 7. The van der Waals surface area contributed by atoms with E-state index in [1.54, 1.807) is 30.3 Å².